The third-order valence-electron chi connectivity index (χ3n) is 2.82. The molecule has 3 nitrogen and oxygen atoms in total. The van der Waals surface area contributed by atoms with E-state index in [0.717, 1.165) is 5.56 Å². The van der Waals surface area contributed by atoms with Gasteiger partial charge in [0.05, 0.1) is 5.56 Å². The molecule has 0 aliphatic carbocycles. The Hall–Kier alpha value is -2.44. The summed E-state index contributed by atoms with van der Waals surface area (Å²) in [5.41, 5.74) is 0.960. The Kier molecular flexibility index (Phi) is 5.89. The highest BCUT2D eigenvalue weighted by Gasteiger charge is 2.17. The fourth-order valence-corrected chi connectivity index (χ4v) is 2.07. The van der Waals surface area contributed by atoms with Crippen LogP contribution in [0.2, 0.25) is 5.02 Å². The number of carbonyl (C=O) groups is 1. The molecule has 2 aromatic rings. The molecule has 0 radical (unpaired) electrons. The van der Waals surface area contributed by atoms with E-state index in [4.69, 9.17) is 21.1 Å². The Morgan fingerprint density at radius 2 is 1.79 bits per heavy atom. The van der Waals surface area contributed by atoms with E-state index in [1.807, 2.05) is 51.1 Å². The summed E-state index contributed by atoms with van der Waals surface area (Å²) in [6.07, 6.45) is 0. The zero-order valence-electron chi connectivity index (χ0n) is 13.9. The van der Waals surface area contributed by atoms with Gasteiger partial charge >= 0.3 is 5.97 Å². The van der Waals surface area contributed by atoms with Crippen molar-refractivity contribution < 1.29 is 14.3 Å². The molecule has 0 aliphatic heterocycles. The van der Waals surface area contributed by atoms with Gasteiger partial charge in [0, 0.05) is 10.6 Å². The lowest BCUT2D eigenvalue weighted by Crippen LogP contribution is -2.27. The third kappa shape index (κ3) is 5.98. The molecule has 0 aromatic heterocycles. The normalized spacial score (nSPS) is 10.5. The summed E-state index contributed by atoms with van der Waals surface area (Å²) in [6.45, 7) is 5.25. The van der Waals surface area contributed by atoms with E-state index >= 15 is 0 Å². The highest BCUT2D eigenvalue weighted by atomic mass is 35.5. The van der Waals surface area contributed by atoms with E-state index in [0.29, 0.717) is 16.3 Å². The van der Waals surface area contributed by atoms with Gasteiger partial charge in [-0.3, -0.25) is 0 Å². The lowest BCUT2D eigenvalue weighted by Gasteiger charge is -2.19. The van der Waals surface area contributed by atoms with Gasteiger partial charge < -0.3 is 9.47 Å². The maximum absolute atomic E-state index is 11.8. The van der Waals surface area contributed by atoms with Crippen molar-refractivity contribution in [2.75, 3.05) is 6.61 Å². The summed E-state index contributed by atoms with van der Waals surface area (Å²) in [5.74, 6) is 6.14. The second kappa shape index (κ2) is 7.90. The first-order valence-corrected chi connectivity index (χ1v) is 7.92. The van der Waals surface area contributed by atoms with Crippen LogP contribution in [0.5, 0.6) is 5.75 Å². The number of ether oxygens (including phenoxy) is 2. The lowest BCUT2D eigenvalue weighted by molar-refractivity contribution is -0.157. The number of halogens is 1. The minimum atomic E-state index is -0.545. The van der Waals surface area contributed by atoms with Gasteiger partial charge in [-0.1, -0.05) is 41.6 Å². The van der Waals surface area contributed by atoms with Crippen LogP contribution in [0.1, 0.15) is 31.9 Å². The lowest BCUT2D eigenvalue weighted by atomic mass is 10.1. The van der Waals surface area contributed by atoms with Crippen LogP contribution in [-0.4, -0.2) is 18.2 Å². The zero-order valence-corrected chi connectivity index (χ0v) is 14.7. The van der Waals surface area contributed by atoms with Crippen molar-refractivity contribution in [3.8, 4) is 17.6 Å². The fourth-order valence-electron chi connectivity index (χ4n) is 1.89. The largest absolute Gasteiger partial charge is 0.481 e. The smallest absolute Gasteiger partial charge is 0.344 e. The number of benzene rings is 2. The Morgan fingerprint density at radius 1 is 1.08 bits per heavy atom. The Balaban J connectivity index is 2.14. The molecule has 0 aliphatic rings. The standard InChI is InChI=1S/C20H19ClO3/c1-20(2,3)24-19(22)14-23-18-12-11-17(21)13-16(18)10-9-15-7-5-4-6-8-15/h4-8,11-13H,14H2,1-3H3. The Labute approximate surface area is 147 Å². The first-order valence-electron chi connectivity index (χ1n) is 7.55. The van der Waals surface area contributed by atoms with Crippen molar-refractivity contribution in [2.24, 2.45) is 0 Å². The molecule has 0 amide bonds. The maximum atomic E-state index is 11.8. The second-order valence-corrected chi connectivity index (χ2v) is 6.57. The van der Waals surface area contributed by atoms with E-state index in [2.05, 4.69) is 11.8 Å². The second-order valence-electron chi connectivity index (χ2n) is 6.13. The number of rotatable bonds is 3. The maximum Gasteiger partial charge on any atom is 0.344 e. The predicted molar refractivity (Wildman–Crippen MR) is 95.2 cm³/mol. The average Bonchev–Trinajstić information content (AvgIpc) is 2.51. The monoisotopic (exact) mass is 342 g/mol. The molecular weight excluding hydrogens is 324 g/mol. The average molecular weight is 343 g/mol. The van der Waals surface area contributed by atoms with E-state index in [1.165, 1.54) is 0 Å². The van der Waals surface area contributed by atoms with Gasteiger partial charge in [0.25, 0.3) is 0 Å². The van der Waals surface area contributed by atoms with Gasteiger partial charge in [0.2, 0.25) is 0 Å². The van der Waals surface area contributed by atoms with Crippen molar-refractivity contribution in [3.05, 3.63) is 64.7 Å². The van der Waals surface area contributed by atoms with Crippen LogP contribution in [0.25, 0.3) is 0 Å². The molecule has 124 valence electrons. The molecule has 0 N–H and O–H groups in total. The van der Waals surface area contributed by atoms with Gasteiger partial charge in [-0.2, -0.15) is 0 Å². The van der Waals surface area contributed by atoms with Crippen LogP contribution in [0.3, 0.4) is 0 Å². The van der Waals surface area contributed by atoms with E-state index in [1.54, 1.807) is 18.2 Å². The molecule has 0 bridgehead atoms. The zero-order chi connectivity index (χ0) is 17.6. The van der Waals surface area contributed by atoms with Crippen LogP contribution in [0.15, 0.2) is 48.5 Å². The SMILES string of the molecule is CC(C)(C)OC(=O)COc1ccc(Cl)cc1C#Cc1ccccc1. The fraction of sp³-hybridized carbons (Fsp3) is 0.250. The minimum Gasteiger partial charge on any atom is -0.481 e. The first kappa shape index (κ1) is 17.9. The summed E-state index contributed by atoms with van der Waals surface area (Å²) >= 11 is 6.03. The third-order valence-corrected chi connectivity index (χ3v) is 3.06. The summed E-state index contributed by atoms with van der Waals surface area (Å²) in [4.78, 5) is 11.8. The molecular formula is C20H19ClO3. The Morgan fingerprint density at radius 3 is 2.46 bits per heavy atom. The number of hydrogen-bond acceptors (Lipinski definition) is 3. The van der Waals surface area contributed by atoms with Crippen molar-refractivity contribution in [2.45, 2.75) is 26.4 Å². The molecule has 0 saturated carbocycles. The van der Waals surface area contributed by atoms with Crippen molar-refractivity contribution >= 4 is 17.6 Å². The van der Waals surface area contributed by atoms with E-state index in [-0.39, 0.29) is 6.61 Å². The van der Waals surface area contributed by atoms with Crippen molar-refractivity contribution in [1.29, 1.82) is 0 Å². The van der Waals surface area contributed by atoms with Crippen molar-refractivity contribution in [1.82, 2.24) is 0 Å². The molecule has 0 spiro atoms. The molecule has 0 heterocycles. The molecule has 2 aromatic carbocycles. The Bertz CT molecular complexity index is 765. The van der Waals surface area contributed by atoms with Gasteiger partial charge in [-0.25, -0.2) is 4.79 Å². The summed E-state index contributed by atoms with van der Waals surface area (Å²) in [7, 11) is 0. The molecule has 4 heteroatoms. The van der Waals surface area contributed by atoms with E-state index in [9.17, 15) is 4.79 Å². The molecule has 2 rings (SSSR count). The summed E-state index contributed by atoms with van der Waals surface area (Å²) < 4.78 is 10.8. The molecule has 0 saturated heterocycles. The van der Waals surface area contributed by atoms with Crippen LogP contribution in [0, 0.1) is 11.8 Å². The molecule has 24 heavy (non-hydrogen) atoms. The highest BCUT2D eigenvalue weighted by molar-refractivity contribution is 6.30. The molecule has 0 unspecified atom stereocenters. The highest BCUT2D eigenvalue weighted by Crippen LogP contribution is 2.22. The van der Waals surface area contributed by atoms with Crippen molar-refractivity contribution in [3.63, 3.8) is 0 Å². The topological polar surface area (TPSA) is 35.5 Å². The van der Waals surface area contributed by atoms with E-state index < -0.39 is 11.6 Å². The first-order chi connectivity index (χ1) is 11.3. The van der Waals surface area contributed by atoms with Gasteiger partial charge in [0.15, 0.2) is 6.61 Å². The van der Waals surface area contributed by atoms with Gasteiger partial charge in [-0.05, 0) is 51.1 Å². The summed E-state index contributed by atoms with van der Waals surface area (Å²) in [6, 6.07) is 14.7. The number of esters is 1. The van der Waals surface area contributed by atoms with Crippen LogP contribution in [-0.2, 0) is 9.53 Å². The number of hydrogen-bond donors (Lipinski definition) is 0. The van der Waals surface area contributed by atoms with Crippen LogP contribution < -0.4 is 4.74 Å². The minimum absolute atomic E-state index is 0.182. The molecule has 0 atom stereocenters. The van der Waals surface area contributed by atoms with Crippen LogP contribution in [0.4, 0.5) is 0 Å². The summed E-state index contributed by atoms with van der Waals surface area (Å²) in [5, 5.41) is 0.553. The quantitative estimate of drug-likeness (QED) is 0.610. The van der Waals surface area contributed by atoms with Crippen LogP contribution >= 0.6 is 11.6 Å². The van der Waals surface area contributed by atoms with Gasteiger partial charge in [0.1, 0.15) is 11.4 Å². The molecule has 0 fully saturated rings. The predicted octanol–water partition coefficient (Wildman–Crippen LogP) is 4.46. The number of carbonyl (C=O) groups excluding carboxylic acids is 1. The van der Waals surface area contributed by atoms with Gasteiger partial charge in [-0.15, -0.1) is 0 Å².